The minimum absolute atomic E-state index is 0.0218. The molecule has 1 saturated carbocycles. The van der Waals surface area contributed by atoms with Gasteiger partial charge in [-0.25, -0.2) is 0 Å². The van der Waals surface area contributed by atoms with E-state index in [2.05, 4.69) is 6.92 Å². The number of allylic oxidation sites excluding steroid dienone is 4. The highest BCUT2D eigenvalue weighted by Crippen LogP contribution is 2.51. The van der Waals surface area contributed by atoms with E-state index in [1.54, 1.807) is 19.1 Å². The normalized spacial score (nSPS) is 26.5. The van der Waals surface area contributed by atoms with Gasteiger partial charge >= 0.3 is 11.8 Å². The van der Waals surface area contributed by atoms with E-state index in [0.29, 0.717) is 12.3 Å². The first-order chi connectivity index (χ1) is 13.3. The van der Waals surface area contributed by atoms with Gasteiger partial charge in [-0.1, -0.05) is 69.5 Å². The van der Waals surface area contributed by atoms with Gasteiger partial charge in [-0.15, -0.1) is 0 Å². The second-order valence-corrected chi connectivity index (χ2v) is 8.30. The van der Waals surface area contributed by atoms with Gasteiger partial charge in [-0.2, -0.15) is 17.6 Å². The Balaban J connectivity index is 1.78. The highest BCUT2D eigenvalue weighted by atomic mass is 19.3. The van der Waals surface area contributed by atoms with Crippen molar-refractivity contribution in [2.24, 2.45) is 5.92 Å². The quantitative estimate of drug-likeness (QED) is 0.427. The van der Waals surface area contributed by atoms with E-state index in [1.807, 2.05) is 12.1 Å². The average molecular weight is 394 g/mol. The smallest absolute Gasteiger partial charge is 0.194 e. The molecular formula is C24H30F4. The molecule has 0 amide bonds. The number of alkyl halides is 4. The molecule has 4 heteroatoms. The van der Waals surface area contributed by atoms with Gasteiger partial charge in [0.25, 0.3) is 0 Å². The van der Waals surface area contributed by atoms with E-state index < -0.39 is 23.0 Å². The second kappa shape index (κ2) is 8.42. The maximum Gasteiger partial charge on any atom is 0.339 e. The van der Waals surface area contributed by atoms with Crippen molar-refractivity contribution in [2.75, 3.05) is 0 Å². The van der Waals surface area contributed by atoms with Crippen LogP contribution in [0.5, 0.6) is 0 Å². The van der Waals surface area contributed by atoms with Gasteiger partial charge in [-0.05, 0) is 55.1 Å². The Morgan fingerprint density at radius 2 is 1.46 bits per heavy atom. The summed E-state index contributed by atoms with van der Waals surface area (Å²) in [5.74, 6) is -7.08. The van der Waals surface area contributed by atoms with Crippen molar-refractivity contribution in [3.63, 3.8) is 0 Å². The van der Waals surface area contributed by atoms with Gasteiger partial charge in [0.2, 0.25) is 0 Å². The zero-order chi connectivity index (χ0) is 20.4. The second-order valence-electron chi connectivity index (χ2n) is 8.30. The third-order valence-electron chi connectivity index (χ3n) is 6.34. The fourth-order valence-corrected chi connectivity index (χ4v) is 4.68. The number of benzene rings is 1. The van der Waals surface area contributed by atoms with Crippen LogP contribution in [0.4, 0.5) is 17.6 Å². The van der Waals surface area contributed by atoms with Crippen LogP contribution in [0, 0.1) is 5.92 Å². The number of hydrogen-bond acceptors (Lipinski definition) is 0. The molecule has 0 bridgehead atoms. The summed E-state index contributed by atoms with van der Waals surface area (Å²) < 4.78 is 58.0. The zero-order valence-electron chi connectivity index (χ0n) is 16.8. The first kappa shape index (κ1) is 21.1. The fraction of sp³-hybridized carbons (Fsp3) is 0.583. The van der Waals surface area contributed by atoms with Crippen LogP contribution in [-0.4, -0.2) is 11.8 Å². The molecule has 28 heavy (non-hydrogen) atoms. The first-order valence-corrected chi connectivity index (χ1v) is 10.6. The summed E-state index contributed by atoms with van der Waals surface area (Å²) in [4.78, 5) is 0. The molecule has 154 valence electrons. The largest absolute Gasteiger partial charge is 0.339 e. The average Bonchev–Trinajstić information content (AvgIpc) is 2.67. The van der Waals surface area contributed by atoms with Gasteiger partial charge < -0.3 is 0 Å². The van der Waals surface area contributed by atoms with E-state index in [4.69, 9.17) is 0 Å². The summed E-state index contributed by atoms with van der Waals surface area (Å²) in [6, 6.07) is 6.87. The van der Waals surface area contributed by atoms with E-state index in [-0.39, 0.29) is 12.0 Å². The summed E-state index contributed by atoms with van der Waals surface area (Å²) in [6.07, 6.45) is 9.88. The lowest BCUT2D eigenvalue weighted by atomic mass is 9.77. The van der Waals surface area contributed by atoms with Crippen LogP contribution in [0.3, 0.4) is 0 Å². The zero-order valence-corrected chi connectivity index (χ0v) is 16.8. The predicted octanol–water partition coefficient (Wildman–Crippen LogP) is 8.15. The molecule has 0 N–H and O–H groups in total. The van der Waals surface area contributed by atoms with Crippen molar-refractivity contribution in [1.82, 2.24) is 0 Å². The molecule has 0 spiro atoms. The fourth-order valence-electron chi connectivity index (χ4n) is 4.68. The topological polar surface area (TPSA) is 0 Å². The van der Waals surface area contributed by atoms with Crippen LogP contribution in [0.1, 0.15) is 82.3 Å². The number of rotatable bonds is 6. The Morgan fingerprint density at radius 3 is 2.04 bits per heavy atom. The molecule has 0 saturated heterocycles. The van der Waals surface area contributed by atoms with E-state index in [9.17, 15) is 17.6 Å². The molecule has 0 aromatic heterocycles. The number of hydrogen-bond donors (Lipinski definition) is 0. The molecule has 0 nitrogen and oxygen atoms in total. The lowest BCUT2D eigenvalue weighted by Gasteiger charge is -2.33. The third kappa shape index (κ3) is 3.92. The molecule has 1 fully saturated rings. The first-order valence-electron chi connectivity index (χ1n) is 10.6. The Hall–Kier alpha value is -1.58. The Morgan fingerprint density at radius 1 is 0.821 bits per heavy atom. The van der Waals surface area contributed by atoms with Gasteiger partial charge in [-0.3, -0.25) is 0 Å². The maximum atomic E-state index is 14.6. The van der Waals surface area contributed by atoms with E-state index >= 15 is 0 Å². The summed E-state index contributed by atoms with van der Waals surface area (Å²) in [6.45, 7) is 3.92. The summed E-state index contributed by atoms with van der Waals surface area (Å²) in [5, 5.41) is 0. The van der Waals surface area contributed by atoms with Crippen LogP contribution < -0.4 is 0 Å². The Bertz CT molecular complexity index is 719. The highest BCUT2D eigenvalue weighted by Gasteiger charge is 2.61. The molecule has 1 aromatic carbocycles. The van der Waals surface area contributed by atoms with Crippen LogP contribution in [0.2, 0.25) is 0 Å². The number of halogens is 4. The molecule has 0 unspecified atom stereocenters. The minimum Gasteiger partial charge on any atom is -0.194 e. The van der Waals surface area contributed by atoms with Crippen molar-refractivity contribution in [3.8, 4) is 0 Å². The molecule has 0 atom stereocenters. The van der Waals surface area contributed by atoms with E-state index in [1.165, 1.54) is 37.8 Å². The molecule has 1 aromatic rings. The van der Waals surface area contributed by atoms with Crippen molar-refractivity contribution >= 4 is 5.57 Å². The SMILES string of the molecule is CCCC1=CC=C(c2ccc(C3CCC(CCC)CC3)cc2)C(F)(F)C1(F)F. The Kier molecular flexibility index (Phi) is 6.36. The third-order valence-corrected chi connectivity index (χ3v) is 6.34. The van der Waals surface area contributed by atoms with Crippen LogP contribution >= 0.6 is 0 Å². The predicted molar refractivity (Wildman–Crippen MR) is 107 cm³/mol. The molecule has 0 aliphatic heterocycles. The van der Waals surface area contributed by atoms with Crippen LogP contribution in [-0.2, 0) is 0 Å². The maximum absolute atomic E-state index is 14.6. The summed E-state index contributed by atoms with van der Waals surface area (Å²) in [7, 11) is 0. The highest BCUT2D eigenvalue weighted by molar-refractivity contribution is 5.76. The van der Waals surface area contributed by atoms with Crippen molar-refractivity contribution in [1.29, 1.82) is 0 Å². The lowest BCUT2D eigenvalue weighted by Crippen LogP contribution is -2.44. The van der Waals surface area contributed by atoms with Gasteiger partial charge in [0, 0.05) is 11.1 Å². The molecule has 2 aliphatic carbocycles. The van der Waals surface area contributed by atoms with Gasteiger partial charge in [0.15, 0.2) is 0 Å². The molecular weight excluding hydrogens is 364 g/mol. The van der Waals surface area contributed by atoms with Gasteiger partial charge in [0.05, 0.1) is 0 Å². The van der Waals surface area contributed by atoms with Crippen molar-refractivity contribution < 1.29 is 17.6 Å². The monoisotopic (exact) mass is 394 g/mol. The summed E-state index contributed by atoms with van der Waals surface area (Å²) >= 11 is 0. The molecule has 2 aliphatic rings. The molecule has 3 rings (SSSR count). The van der Waals surface area contributed by atoms with Crippen LogP contribution in [0.15, 0.2) is 42.0 Å². The minimum atomic E-state index is -4.19. The van der Waals surface area contributed by atoms with Crippen molar-refractivity contribution in [3.05, 3.63) is 53.1 Å². The summed E-state index contributed by atoms with van der Waals surface area (Å²) in [5.41, 5.74) is 0.243. The molecule has 0 heterocycles. The standard InChI is InChI=1S/C24H30F4/c1-3-5-17-7-9-18(10-8-17)19-11-13-20(14-12-19)22-16-15-21(6-4-2)23(25,26)24(22,27)28/h11-18H,3-10H2,1-2H3. The lowest BCUT2D eigenvalue weighted by molar-refractivity contribution is -0.149. The Labute approximate surface area is 165 Å². The van der Waals surface area contributed by atoms with Crippen LogP contribution in [0.25, 0.3) is 5.57 Å². The van der Waals surface area contributed by atoms with Crippen molar-refractivity contribution in [2.45, 2.75) is 83.0 Å². The molecule has 0 radical (unpaired) electrons. The van der Waals surface area contributed by atoms with E-state index in [0.717, 1.165) is 24.3 Å². The van der Waals surface area contributed by atoms with Gasteiger partial charge in [0.1, 0.15) is 0 Å².